The summed E-state index contributed by atoms with van der Waals surface area (Å²) in [6, 6.07) is 13.0. The number of ketones is 1. The van der Waals surface area contributed by atoms with Gasteiger partial charge in [-0.3, -0.25) is 19.2 Å². The number of rotatable bonds is 4. The highest BCUT2D eigenvalue weighted by atomic mass is 35.8. The van der Waals surface area contributed by atoms with Gasteiger partial charge in [-0.2, -0.15) is 0 Å². The van der Waals surface area contributed by atoms with Crippen LogP contribution in [0.4, 0.5) is 8.78 Å². The Morgan fingerprint density at radius 1 is 0.844 bits per heavy atom. The van der Waals surface area contributed by atoms with Gasteiger partial charge in [0.25, 0.3) is 0 Å². The smallest absolute Gasteiger partial charge is 0.481 e. The van der Waals surface area contributed by atoms with Crippen LogP contribution < -0.4 is 0 Å². The Morgan fingerprint density at radius 2 is 1.28 bits per heavy atom. The lowest BCUT2D eigenvalue weighted by Gasteiger charge is -1.98. The first-order valence-corrected chi connectivity index (χ1v) is 14.1. The zero-order chi connectivity index (χ0) is 24.5. The van der Waals surface area contributed by atoms with Crippen LogP contribution >= 0.6 is 30.1 Å². The molecule has 2 aromatic carbocycles. The van der Waals surface area contributed by atoms with Gasteiger partial charge in [0.15, 0.2) is 5.78 Å². The molecule has 0 unspecified atom stereocenters. The summed E-state index contributed by atoms with van der Waals surface area (Å²) in [7, 11) is 14.8. The van der Waals surface area contributed by atoms with Crippen LogP contribution in [0.1, 0.15) is 36.0 Å². The summed E-state index contributed by atoms with van der Waals surface area (Å²) in [5.74, 6) is -2.69. The number of carbonyl (C=O) groups is 4. The maximum atomic E-state index is 12.5. The first kappa shape index (κ1) is 30.0. The molecule has 1 aliphatic rings. The van der Waals surface area contributed by atoms with E-state index in [1.54, 1.807) is 18.2 Å². The lowest BCUT2D eigenvalue weighted by Crippen LogP contribution is -2.03. The molecular weight excluding hydrogens is 508 g/mol. The normalized spacial score (nSPS) is 11.4. The lowest BCUT2D eigenvalue weighted by molar-refractivity contribution is -0.152. The van der Waals surface area contributed by atoms with Crippen molar-refractivity contribution in [1.29, 1.82) is 0 Å². The van der Waals surface area contributed by atoms with Crippen molar-refractivity contribution in [2.75, 3.05) is 0 Å². The largest absolute Gasteiger partial charge is 0.643 e. The van der Waals surface area contributed by atoms with Gasteiger partial charge in [0.05, 0.1) is 19.3 Å². The number of aliphatic carboxylic acids is 1. The first-order chi connectivity index (χ1) is 15.0. The maximum Gasteiger partial charge on any atom is 0.643 e. The van der Waals surface area contributed by atoms with Gasteiger partial charge >= 0.3 is 29.3 Å². The second kappa shape index (κ2) is 17.5. The van der Waals surface area contributed by atoms with Crippen molar-refractivity contribution in [3.05, 3.63) is 71.8 Å². The molecule has 1 fully saturated rings. The minimum atomic E-state index is -1.72. The van der Waals surface area contributed by atoms with E-state index in [1.165, 1.54) is 36.4 Å². The second-order valence-corrected chi connectivity index (χ2v) is 12.1. The van der Waals surface area contributed by atoms with Crippen LogP contribution in [0.5, 0.6) is 0 Å². The summed E-state index contributed by atoms with van der Waals surface area (Å²) in [5.41, 5.74) is 0.340. The van der Waals surface area contributed by atoms with Crippen LogP contribution in [-0.2, 0) is 19.1 Å². The van der Waals surface area contributed by atoms with Gasteiger partial charge in [0.2, 0.25) is 0 Å². The lowest BCUT2D eigenvalue weighted by atomic mass is 10.1. The number of carboxylic acid groups (broad SMARTS) is 1. The van der Waals surface area contributed by atoms with E-state index in [9.17, 15) is 28.0 Å². The number of esters is 2. The molecule has 1 heterocycles. The summed E-state index contributed by atoms with van der Waals surface area (Å²) in [4.78, 5) is 41.5. The predicted molar refractivity (Wildman–Crippen MR) is 118 cm³/mol. The summed E-state index contributed by atoms with van der Waals surface area (Å²) in [6.45, 7) is 0. The summed E-state index contributed by atoms with van der Waals surface area (Å²) in [5, 5.41) is 8.34. The number of Topliss-reactive ketones (excluding diaryl/α,β-unsaturated/α-hetero) is 1. The molecule has 0 atom stereocenters. The SMILES string of the molecule is Fc1ccccc1.O=C(O)CCC(=O)c1ccc(F)cc1.O=C1CCC(=O)O1.[Cl][Al]([Cl])[Cl]. The molecule has 0 spiro atoms. The second-order valence-electron chi connectivity index (χ2n) is 5.71. The summed E-state index contributed by atoms with van der Waals surface area (Å²) < 4.78 is 28.4. The number of ether oxygens (including phenoxy) is 1. The molecule has 0 aliphatic carbocycles. The van der Waals surface area contributed by atoms with Crippen molar-refractivity contribution in [2.24, 2.45) is 0 Å². The molecular formula is C20H18AlCl3F2O6. The number of carboxylic acids is 1. The Labute approximate surface area is 200 Å². The Hall–Kier alpha value is -2.02. The number of cyclic esters (lactones) is 2. The van der Waals surface area contributed by atoms with Crippen molar-refractivity contribution in [2.45, 2.75) is 25.7 Å². The maximum absolute atomic E-state index is 12.5. The summed E-state index contributed by atoms with van der Waals surface area (Å²) >= 11 is -1.72. The highest BCUT2D eigenvalue weighted by Gasteiger charge is 2.19. The van der Waals surface area contributed by atoms with Crippen molar-refractivity contribution >= 4 is 65.2 Å². The van der Waals surface area contributed by atoms with Gasteiger partial charge in [-0.15, -0.1) is 0 Å². The molecule has 0 amide bonds. The van der Waals surface area contributed by atoms with Gasteiger partial charge in [-0.25, -0.2) is 38.9 Å². The predicted octanol–water partition coefficient (Wildman–Crippen LogP) is 5.24. The topological polar surface area (TPSA) is 97.7 Å². The molecule has 0 saturated carbocycles. The molecule has 6 nitrogen and oxygen atoms in total. The van der Waals surface area contributed by atoms with Crippen LogP contribution in [0.15, 0.2) is 54.6 Å². The highest BCUT2D eigenvalue weighted by molar-refractivity contribution is 7.54. The molecule has 3 rings (SSSR count). The number of hydrogen-bond acceptors (Lipinski definition) is 5. The van der Waals surface area contributed by atoms with E-state index in [1.807, 2.05) is 0 Å². The Balaban J connectivity index is 0.000000448. The summed E-state index contributed by atoms with van der Waals surface area (Å²) in [6.07, 6.45) is 0.273. The van der Waals surface area contributed by atoms with Crippen LogP contribution in [0, 0.1) is 11.6 Å². The van der Waals surface area contributed by atoms with Crippen molar-refractivity contribution in [3.63, 3.8) is 0 Å². The molecule has 1 saturated heterocycles. The van der Waals surface area contributed by atoms with E-state index in [0.29, 0.717) is 5.56 Å². The van der Waals surface area contributed by atoms with E-state index in [2.05, 4.69) is 4.74 Å². The number of carbonyl (C=O) groups excluding carboxylic acids is 3. The fourth-order valence-corrected chi connectivity index (χ4v) is 1.85. The molecule has 2 aromatic rings. The van der Waals surface area contributed by atoms with E-state index in [-0.39, 0.29) is 37.3 Å². The third-order valence-electron chi connectivity index (χ3n) is 3.23. The van der Waals surface area contributed by atoms with Crippen molar-refractivity contribution < 1.29 is 37.8 Å². The van der Waals surface area contributed by atoms with Crippen LogP contribution in [-0.4, -0.2) is 40.2 Å². The van der Waals surface area contributed by atoms with E-state index >= 15 is 0 Å². The van der Waals surface area contributed by atoms with Crippen LogP contribution in [0.3, 0.4) is 0 Å². The van der Waals surface area contributed by atoms with E-state index < -0.39 is 35.1 Å². The molecule has 0 bridgehead atoms. The monoisotopic (exact) mass is 524 g/mol. The van der Waals surface area contributed by atoms with E-state index in [0.717, 1.165) is 0 Å². The molecule has 1 N–H and O–H groups in total. The van der Waals surface area contributed by atoms with Crippen LogP contribution in [0.2, 0.25) is 0 Å². The number of halogens is 5. The molecule has 32 heavy (non-hydrogen) atoms. The molecule has 172 valence electrons. The Bertz CT molecular complexity index is 851. The zero-order valence-corrected chi connectivity index (χ0v) is 19.9. The average Bonchev–Trinajstić information content (AvgIpc) is 3.10. The van der Waals surface area contributed by atoms with Gasteiger partial charge in [0.1, 0.15) is 11.6 Å². The van der Waals surface area contributed by atoms with Crippen LogP contribution in [0.25, 0.3) is 0 Å². The third kappa shape index (κ3) is 17.6. The minimum absolute atomic E-state index is 0.0546. The molecule has 0 radical (unpaired) electrons. The molecule has 1 aliphatic heterocycles. The van der Waals surface area contributed by atoms with E-state index in [4.69, 9.17) is 35.3 Å². The van der Waals surface area contributed by atoms with Gasteiger partial charge in [0, 0.05) is 12.0 Å². The third-order valence-corrected chi connectivity index (χ3v) is 3.23. The van der Waals surface area contributed by atoms with Gasteiger partial charge in [-0.05, 0) is 36.4 Å². The zero-order valence-electron chi connectivity index (χ0n) is 16.5. The fraction of sp³-hybridized carbons (Fsp3) is 0.200. The van der Waals surface area contributed by atoms with Crippen molar-refractivity contribution in [3.8, 4) is 0 Å². The highest BCUT2D eigenvalue weighted by Crippen LogP contribution is 2.07. The molecule has 0 aromatic heterocycles. The Kier molecular flexibility index (Phi) is 16.4. The standard InChI is InChI=1S/C10H9FO3.C6H5F.C4H4O3.Al.3ClH/c11-8-3-1-7(2-4-8)9(12)5-6-10(13)14;7-6-4-2-1-3-5-6;5-3-1-2-4(6)7-3;;;;/h1-4H,5-6H2,(H,13,14);1-5H;1-2H2;;3*1H/q;;;+3;;;/p-3. The molecule has 12 heteroatoms. The minimum Gasteiger partial charge on any atom is -0.481 e. The number of hydrogen-bond donors (Lipinski definition) is 1. The quantitative estimate of drug-likeness (QED) is 0.254. The number of benzene rings is 2. The first-order valence-electron chi connectivity index (χ1n) is 8.88. The van der Waals surface area contributed by atoms with Gasteiger partial charge < -0.3 is 9.84 Å². The van der Waals surface area contributed by atoms with Crippen molar-refractivity contribution in [1.82, 2.24) is 0 Å². The average molecular weight is 526 g/mol. The fourth-order valence-electron chi connectivity index (χ4n) is 1.85. The van der Waals surface area contributed by atoms with Gasteiger partial charge in [-0.1, -0.05) is 18.2 Å². The Morgan fingerprint density at radius 3 is 1.59 bits per heavy atom.